The fourth-order valence-electron chi connectivity index (χ4n) is 1.75. The Morgan fingerprint density at radius 2 is 2.00 bits per heavy atom. The Morgan fingerprint density at radius 1 is 1.33 bits per heavy atom. The second-order valence-corrected chi connectivity index (χ2v) is 7.64. The van der Waals surface area contributed by atoms with Crippen LogP contribution in [0.4, 0.5) is 11.5 Å². The number of hydrogen-bond acceptors (Lipinski definition) is 5. The Kier molecular flexibility index (Phi) is 4.79. The Balaban J connectivity index is 1.89. The van der Waals surface area contributed by atoms with Crippen LogP contribution in [-0.4, -0.2) is 29.7 Å². The van der Waals surface area contributed by atoms with Gasteiger partial charge in [-0.1, -0.05) is 0 Å². The third-order valence-electron chi connectivity index (χ3n) is 2.76. The molecule has 0 saturated carbocycles. The normalized spacial score (nSPS) is 11.5. The summed E-state index contributed by atoms with van der Waals surface area (Å²) in [6.45, 7) is 1.81. The molecule has 2 rings (SSSR count). The minimum atomic E-state index is -3.38. The van der Waals surface area contributed by atoms with Crippen molar-refractivity contribution < 1.29 is 8.42 Å². The van der Waals surface area contributed by atoms with Gasteiger partial charge < -0.3 is 5.73 Å². The van der Waals surface area contributed by atoms with Gasteiger partial charge in [-0.15, -0.1) is 11.8 Å². The smallest absolute Gasteiger partial charge is 0.234 e. The fraction of sp³-hybridized carbons (Fsp3) is 0.308. The number of anilines is 2. The molecular formula is C13H18N4O2S2. The zero-order valence-corrected chi connectivity index (χ0v) is 13.5. The van der Waals surface area contributed by atoms with Gasteiger partial charge in [-0.3, -0.25) is 9.40 Å². The third kappa shape index (κ3) is 4.68. The van der Waals surface area contributed by atoms with Crippen molar-refractivity contribution in [1.29, 1.82) is 0 Å². The van der Waals surface area contributed by atoms with E-state index in [-0.39, 0.29) is 5.75 Å². The first-order valence-corrected chi connectivity index (χ1v) is 8.99. The summed E-state index contributed by atoms with van der Waals surface area (Å²) in [5.74, 6) is 0.979. The molecule has 21 heavy (non-hydrogen) atoms. The second kappa shape index (κ2) is 6.40. The van der Waals surface area contributed by atoms with Crippen molar-refractivity contribution >= 4 is 33.3 Å². The van der Waals surface area contributed by atoms with Gasteiger partial charge in [0.1, 0.15) is 5.82 Å². The molecule has 1 aromatic carbocycles. The first-order valence-electron chi connectivity index (χ1n) is 6.35. The van der Waals surface area contributed by atoms with E-state index in [1.807, 2.05) is 19.1 Å². The van der Waals surface area contributed by atoms with Crippen LogP contribution in [0.1, 0.15) is 5.69 Å². The lowest BCUT2D eigenvalue weighted by Crippen LogP contribution is -2.19. The molecule has 0 aliphatic carbocycles. The van der Waals surface area contributed by atoms with Gasteiger partial charge in [0.25, 0.3) is 0 Å². The molecule has 3 N–H and O–H groups in total. The molecule has 0 unspecified atom stereocenters. The molecule has 0 amide bonds. The summed E-state index contributed by atoms with van der Waals surface area (Å²) in [5, 5.41) is 4.10. The van der Waals surface area contributed by atoms with E-state index in [1.54, 1.807) is 25.2 Å². The molecule has 0 saturated heterocycles. The molecule has 0 aliphatic rings. The van der Waals surface area contributed by atoms with Gasteiger partial charge in [-0.25, -0.2) is 8.42 Å². The average molecular weight is 326 g/mol. The van der Waals surface area contributed by atoms with Crippen LogP contribution in [0.25, 0.3) is 0 Å². The second-order valence-electron chi connectivity index (χ2n) is 4.63. The van der Waals surface area contributed by atoms with Gasteiger partial charge in [0.15, 0.2) is 0 Å². The first-order chi connectivity index (χ1) is 9.85. The Hall–Kier alpha value is -1.67. The molecule has 1 heterocycles. The van der Waals surface area contributed by atoms with Gasteiger partial charge in [-0.05, 0) is 31.2 Å². The molecule has 114 valence electrons. The van der Waals surface area contributed by atoms with Crippen molar-refractivity contribution in [3.63, 3.8) is 0 Å². The van der Waals surface area contributed by atoms with Crippen molar-refractivity contribution in [2.75, 3.05) is 22.0 Å². The van der Waals surface area contributed by atoms with E-state index in [4.69, 9.17) is 5.73 Å². The molecule has 2 aromatic rings. The molecule has 0 aliphatic heterocycles. The predicted molar refractivity (Wildman–Crippen MR) is 86.9 cm³/mol. The fourth-order valence-corrected chi connectivity index (χ4v) is 4.14. The van der Waals surface area contributed by atoms with Crippen LogP contribution in [-0.2, 0) is 17.1 Å². The van der Waals surface area contributed by atoms with Crippen LogP contribution in [0.3, 0.4) is 0 Å². The summed E-state index contributed by atoms with van der Waals surface area (Å²) < 4.78 is 28.1. The van der Waals surface area contributed by atoms with Gasteiger partial charge in [-0.2, -0.15) is 5.10 Å². The lowest BCUT2D eigenvalue weighted by atomic mass is 10.3. The minimum Gasteiger partial charge on any atom is -0.399 e. The highest BCUT2D eigenvalue weighted by molar-refractivity contribution is 8.01. The molecule has 0 radical (unpaired) electrons. The number of nitrogen functional groups attached to an aromatic ring is 1. The third-order valence-corrected chi connectivity index (χ3v) is 5.30. The molecule has 6 nitrogen and oxygen atoms in total. The maximum absolute atomic E-state index is 12.0. The molecule has 0 bridgehead atoms. The summed E-state index contributed by atoms with van der Waals surface area (Å²) in [7, 11) is -1.68. The Morgan fingerprint density at radius 3 is 2.57 bits per heavy atom. The van der Waals surface area contributed by atoms with E-state index in [1.165, 1.54) is 16.4 Å². The molecule has 1 aromatic heterocycles. The van der Waals surface area contributed by atoms with Crippen molar-refractivity contribution in [2.24, 2.45) is 7.05 Å². The molecule has 0 spiro atoms. The lowest BCUT2D eigenvalue weighted by molar-refractivity contribution is 0.601. The summed E-state index contributed by atoms with van der Waals surface area (Å²) in [4.78, 5) is 0.996. The van der Waals surface area contributed by atoms with Crippen molar-refractivity contribution in [2.45, 2.75) is 11.8 Å². The van der Waals surface area contributed by atoms with Crippen LogP contribution in [0.5, 0.6) is 0 Å². The Bertz CT molecular complexity index is 708. The lowest BCUT2D eigenvalue weighted by Gasteiger charge is -2.07. The van der Waals surface area contributed by atoms with E-state index in [0.29, 0.717) is 17.3 Å². The number of aromatic nitrogens is 2. The van der Waals surface area contributed by atoms with Gasteiger partial charge in [0, 0.05) is 29.4 Å². The van der Waals surface area contributed by atoms with Crippen molar-refractivity contribution in [3.05, 3.63) is 36.0 Å². The van der Waals surface area contributed by atoms with Gasteiger partial charge in [0.2, 0.25) is 10.0 Å². The number of nitrogens with one attached hydrogen (secondary N) is 1. The number of nitrogens with zero attached hydrogens (tertiary/aromatic N) is 2. The number of benzene rings is 1. The van der Waals surface area contributed by atoms with Crippen LogP contribution in [0.2, 0.25) is 0 Å². The number of sulfonamides is 1. The predicted octanol–water partition coefficient (Wildman–Crippen LogP) is 1.84. The van der Waals surface area contributed by atoms with Crippen LogP contribution in [0.15, 0.2) is 35.2 Å². The van der Waals surface area contributed by atoms with E-state index >= 15 is 0 Å². The summed E-state index contributed by atoms with van der Waals surface area (Å²) in [6.07, 6.45) is 0. The average Bonchev–Trinajstić information content (AvgIpc) is 2.69. The highest BCUT2D eigenvalue weighted by Crippen LogP contribution is 2.19. The maximum atomic E-state index is 12.0. The number of thioether (sulfide) groups is 1. The highest BCUT2D eigenvalue weighted by Gasteiger charge is 2.13. The van der Waals surface area contributed by atoms with E-state index in [0.717, 1.165) is 10.6 Å². The zero-order valence-electron chi connectivity index (χ0n) is 11.9. The number of rotatable bonds is 6. The molecular weight excluding hydrogens is 308 g/mol. The maximum Gasteiger partial charge on any atom is 0.234 e. The highest BCUT2D eigenvalue weighted by atomic mass is 32.2. The van der Waals surface area contributed by atoms with Crippen LogP contribution < -0.4 is 10.5 Å². The van der Waals surface area contributed by atoms with Crippen molar-refractivity contribution in [1.82, 2.24) is 9.78 Å². The number of aryl methyl sites for hydroxylation is 2. The Labute approximate surface area is 128 Å². The molecule has 8 heteroatoms. The topological polar surface area (TPSA) is 90.0 Å². The van der Waals surface area contributed by atoms with Gasteiger partial charge in [0.05, 0.1) is 11.4 Å². The summed E-state index contributed by atoms with van der Waals surface area (Å²) in [5.41, 5.74) is 7.07. The largest absolute Gasteiger partial charge is 0.399 e. The summed E-state index contributed by atoms with van der Waals surface area (Å²) in [6, 6.07) is 9.06. The number of nitrogens with two attached hydrogens (primary N) is 1. The SMILES string of the molecule is Cc1cc(NS(=O)(=O)CCSc2ccc(N)cc2)n(C)n1. The first kappa shape index (κ1) is 15.7. The quantitative estimate of drug-likeness (QED) is 0.624. The van der Waals surface area contributed by atoms with Crippen LogP contribution >= 0.6 is 11.8 Å². The van der Waals surface area contributed by atoms with E-state index in [2.05, 4.69) is 9.82 Å². The number of hydrogen-bond donors (Lipinski definition) is 2. The standard InChI is InChI=1S/C13H18N4O2S2/c1-10-9-13(17(2)15-10)16-21(18,19)8-7-20-12-5-3-11(14)4-6-12/h3-6,9,16H,7-8,14H2,1-2H3. The summed E-state index contributed by atoms with van der Waals surface area (Å²) >= 11 is 1.48. The van der Waals surface area contributed by atoms with Gasteiger partial charge >= 0.3 is 0 Å². The van der Waals surface area contributed by atoms with E-state index in [9.17, 15) is 8.42 Å². The minimum absolute atomic E-state index is 0.0340. The molecule has 0 fully saturated rings. The van der Waals surface area contributed by atoms with Crippen LogP contribution in [0, 0.1) is 6.92 Å². The van der Waals surface area contributed by atoms with E-state index < -0.39 is 10.0 Å². The molecule has 0 atom stereocenters. The van der Waals surface area contributed by atoms with Crippen molar-refractivity contribution in [3.8, 4) is 0 Å². The zero-order chi connectivity index (χ0) is 15.5. The monoisotopic (exact) mass is 326 g/mol.